The molecule has 0 aliphatic carbocycles. The van der Waals surface area contributed by atoms with Gasteiger partial charge < -0.3 is 4.74 Å². The normalized spacial score (nSPS) is 11.8. The fourth-order valence-electron chi connectivity index (χ4n) is 1.40. The second kappa shape index (κ2) is 6.17. The molecule has 1 rings (SSSR count). The van der Waals surface area contributed by atoms with Crippen molar-refractivity contribution in [2.75, 3.05) is 6.61 Å². The molecule has 0 saturated heterocycles. The van der Waals surface area contributed by atoms with Crippen molar-refractivity contribution in [2.24, 2.45) is 0 Å². The summed E-state index contributed by atoms with van der Waals surface area (Å²) in [6, 6.07) is 2.79. The molecule has 6 heteroatoms. The lowest BCUT2D eigenvalue weighted by molar-refractivity contribution is -0.139. The van der Waals surface area contributed by atoms with Gasteiger partial charge >= 0.3 is 5.97 Å². The number of hydrogen-bond donors (Lipinski definition) is 0. The average molecular weight is 272 g/mol. The standard InChI is InChI=1S/C13H11F3O3/c1-3-19-13(18)10(7(2)17)12(16)8-5-4-6-9(14)11(8)15/h4-6H,3H2,1-2H3. The molecule has 102 valence electrons. The molecule has 0 N–H and O–H groups in total. The highest BCUT2D eigenvalue weighted by Gasteiger charge is 2.25. The van der Waals surface area contributed by atoms with Crippen LogP contribution >= 0.6 is 0 Å². The molecule has 0 aliphatic heterocycles. The van der Waals surface area contributed by atoms with Crippen LogP contribution in [0, 0.1) is 11.6 Å². The fourth-order valence-corrected chi connectivity index (χ4v) is 1.40. The van der Waals surface area contributed by atoms with Crippen LogP contribution in [0.15, 0.2) is 23.8 Å². The van der Waals surface area contributed by atoms with Gasteiger partial charge in [-0.3, -0.25) is 4.79 Å². The molecule has 0 aromatic heterocycles. The van der Waals surface area contributed by atoms with Crippen molar-refractivity contribution in [3.05, 3.63) is 41.0 Å². The Bertz CT molecular complexity index is 550. The van der Waals surface area contributed by atoms with Gasteiger partial charge in [0.25, 0.3) is 0 Å². The number of ether oxygens (including phenoxy) is 1. The van der Waals surface area contributed by atoms with Gasteiger partial charge in [0.05, 0.1) is 12.2 Å². The van der Waals surface area contributed by atoms with Crippen LogP contribution in [0.1, 0.15) is 19.4 Å². The lowest BCUT2D eigenvalue weighted by Gasteiger charge is -2.07. The van der Waals surface area contributed by atoms with Gasteiger partial charge in [-0.25, -0.2) is 18.0 Å². The number of rotatable bonds is 4. The second-order valence-corrected chi connectivity index (χ2v) is 3.57. The summed E-state index contributed by atoms with van der Waals surface area (Å²) in [5, 5.41) is 0. The van der Waals surface area contributed by atoms with Gasteiger partial charge in [0.1, 0.15) is 5.57 Å². The maximum atomic E-state index is 14.0. The summed E-state index contributed by atoms with van der Waals surface area (Å²) < 4.78 is 44.9. The number of ketones is 1. The molecule has 0 amide bonds. The van der Waals surface area contributed by atoms with E-state index in [0.717, 1.165) is 25.1 Å². The number of halogens is 3. The van der Waals surface area contributed by atoms with Crippen LogP contribution in [0.5, 0.6) is 0 Å². The molecular formula is C13H11F3O3. The van der Waals surface area contributed by atoms with Crippen molar-refractivity contribution in [1.82, 2.24) is 0 Å². The third kappa shape index (κ3) is 3.21. The summed E-state index contributed by atoms with van der Waals surface area (Å²) in [5.74, 6) is -6.33. The van der Waals surface area contributed by atoms with Gasteiger partial charge in [-0.15, -0.1) is 0 Å². The summed E-state index contributed by atoms with van der Waals surface area (Å²) in [4.78, 5) is 22.7. The average Bonchev–Trinajstić information content (AvgIpc) is 2.32. The molecule has 0 fully saturated rings. The number of Topliss-reactive ketones (excluding diaryl/α,β-unsaturated/α-hetero) is 1. The Hall–Kier alpha value is -2.11. The zero-order valence-corrected chi connectivity index (χ0v) is 10.3. The second-order valence-electron chi connectivity index (χ2n) is 3.57. The molecule has 1 aromatic carbocycles. The molecule has 0 spiro atoms. The van der Waals surface area contributed by atoms with Crippen molar-refractivity contribution in [3.63, 3.8) is 0 Å². The topological polar surface area (TPSA) is 43.4 Å². The molecule has 0 aliphatic rings. The first-order valence-corrected chi connectivity index (χ1v) is 5.42. The maximum Gasteiger partial charge on any atom is 0.344 e. The van der Waals surface area contributed by atoms with Crippen LogP contribution in [0.3, 0.4) is 0 Å². The maximum absolute atomic E-state index is 14.0. The molecule has 0 saturated carbocycles. The molecule has 1 aromatic rings. The number of carbonyl (C=O) groups is 2. The van der Waals surface area contributed by atoms with Gasteiger partial charge in [0, 0.05) is 0 Å². The van der Waals surface area contributed by atoms with E-state index in [1.54, 1.807) is 0 Å². The van der Waals surface area contributed by atoms with Gasteiger partial charge in [-0.05, 0) is 26.0 Å². The third-order valence-electron chi connectivity index (χ3n) is 2.24. The SMILES string of the molecule is CCOC(=O)C(C(C)=O)=C(F)c1cccc(F)c1F. The van der Waals surface area contributed by atoms with Crippen molar-refractivity contribution in [3.8, 4) is 0 Å². The largest absolute Gasteiger partial charge is 0.462 e. The van der Waals surface area contributed by atoms with Gasteiger partial charge in [0.15, 0.2) is 23.2 Å². The Labute approximate surface area is 107 Å². The highest BCUT2D eigenvalue weighted by atomic mass is 19.2. The summed E-state index contributed by atoms with van der Waals surface area (Å²) in [6.07, 6.45) is 0. The van der Waals surface area contributed by atoms with Crippen molar-refractivity contribution in [1.29, 1.82) is 0 Å². The minimum atomic E-state index is -1.47. The molecule has 0 radical (unpaired) electrons. The highest BCUT2D eigenvalue weighted by molar-refractivity contribution is 6.21. The molecule has 0 heterocycles. The molecule has 19 heavy (non-hydrogen) atoms. The van der Waals surface area contributed by atoms with Gasteiger partial charge in [-0.2, -0.15) is 0 Å². The fraction of sp³-hybridized carbons (Fsp3) is 0.231. The van der Waals surface area contributed by atoms with Crippen LogP contribution in [-0.4, -0.2) is 18.4 Å². The van der Waals surface area contributed by atoms with Crippen LogP contribution in [0.2, 0.25) is 0 Å². The first-order valence-electron chi connectivity index (χ1n) is 5.42. The van der Waals surface area contributed by atoms with Crippen LogP contribution in [-0.2, 0) is 14.3 Å². The van der Waals surface area contributed by atoms with Gasteiger partial charge in [0.2, 0.25) is 0 Å². The molecule has 3 nitrogen and oxygen atoms in total. The Morgan fingerprint density at radius 1 is 1.26 bits per heavy atom. The van der Waals surface area contributed by atoms with E-state index in [2.05, 4.69) is 4.74 Å². The zero-order chi connectivity index (χ0) is 14.6. The lowest BCUT2D eigenvalue weighted by Crippen LogP contribution is -2.15. The van der Waals surface area contributed by atoms with Crippen LogP contribution in [0.25, 0.3) is 5.83 Å². The number of esters is 1. The smallest absolute Gasteiger partial charge is 0.344 e. The first kappa shape index (κ1) is 14.9. The van der Waals surface area contributed by atoms with E-state index in [1.165, 1.54) is 6.92 Å². The summed E-state index contributed by atoms with van der Waals surface area (Å²) in [5.41, 5.74) is -1.73. The van der Waals surface area contributed by atoms with E-state index in [4.69, 9.17) is 0 Å². The van der Waals surface area contributed by atoms with Crippen molar-refractivity contribution >= 4 is 17.6 Å². The van der Waals surface area contributed by atoms with Crippen LogP contribution in [0.4, 0.5) is 13.2 Å². The monoisotopic (exact) mass is 272 g/mol. The van der Waals surface area contributed by atoms with E-state index in [1.807, 2.05) is 0 Å². The van der Waals surface area contributed by atoms with Crippen molar-refractivity contribution in [2.45, 2.75) is 13.8 Å². The van der Waals surface area contributed by atoms with E-state index in [-0.39, 0.29) is 6.61 Å². The summed E-state index contributed by atoms with van der Waals surface area (Å²) in [7, 11) is 0. The summed E-state index contributed by atoms with van der Waals surface area (Å²) in [6.45, 7) is 2.33. The first-order chi connectivity index (χ1) is 8.90. The minimum absolute atomic E-state index is 0.0749. The minimum Gasteiger partial charge on any atom is -0.462 e. The third-order valence-corrected chi connectivity index (χ3v) is 2.24. The zero-order valence-electron chi connectivity index (χ0n) is 10.3. The van der Waals surface area contributed by atoms with E-state index in [9.17, 15) is 22.8 Å². The molecule has 0 atom stereocenters. The van der Waals surface area contributed by atoms with Crippen molar-refractivity contribution < 1.29 is 27.5 Å². The predicted molar refractivity (Wildman–Crippen MR) is 61.7 cm³/mol. The van der Waals surface area contributed by atoms with E-state index < -0.39 is 40.4 Å². The predicted octanol–water partition coefficient (Wildman–Crippen LogP) is 2.80. The Morgan fingerprint density at radius 3 is 2.42 bits per heavy atom. The Morgan fingerprint density at radius 2 is 1.89 bits per heavy atom. The number of benzene rings is 1. The van der Waals surface area contributed by atoms with E-state index in [0.29, 0.717) is 0 Å². The van der Waals surface area contributed by atoms with E-state index >= 15 is 0 Å². The van der Waals surface area contributed by atoms with Gasteiger partial charge in [-0.1, -0.05) is 6.07 Å². The summed E-state index contributed by atoms with van der Waals surface area (Å²) >= 11 is 0. The highest BCUT2D eigenvalue weighted by Crippen LogP contribution is 2.25. The quantitative estimate of drug-likeness (QED) is 0.366. The number of carbonyl (C=O) groups excluding carboxylic acids is 2. The Balaban J connectivity index is 3.42. The molecular weight excluding hydrogens is 261 g/mol. The Kier molecular flexibility index (Phi) is 4.86. The molecule has 0 bridgehead atoms. The molecule has 0 unspecified atom stereocenters. The number of hydrogen-bond acceptors (Lipinski definition) is 3. The lowest BCUT2D eigenvalue weighted by atomic mass is 10.1. The van der Waals surface area contributed by atoms with Crippen LogP contribution < -0.4 is 0 Å².